The average Bonchev–Trinajstić information content (AvgIpc) is 1.96. The van der Waals surface area contributed by atoms with Gasteiger partial charge in [0, 0.05) is 0 Å². The Balaban J connectivity index is -0.0000000125. The van der Waals surface area contributed by atoms with Crippen molar-refractivity contribution in [3.8, 4) is 0 Å². The van der Waals surface area contributed by atoms with Gasteiger partial charge in [-0.05, 0) is 0 Å². The summed E-state index contributed by atoms with van der Waals surface area (Å²) in [7, 11) is 0. The quantitative estimate of drug-likeness (QED) is 0.471. The van der Waals surface area contributed by atoms with Gasteiger partial charge in [-0.1, -0.05) is 41.5 Å². The molecule has 0 nitrogen and oxygen atoms in total. The molecule has 0 bridgehead atoms. The molecule has 0 saturated heterocycles. The van der Waals surface area contributed by atoms with Gasteiger partial charge < -0.3 is 0 Å². The molecule has 0 atom stereocenters. The first kappa shape index (κ1) is 34.0. The predicted molar refractivity (Wildman–Crippen MR) is 56.6 cm³/mol. The first-order valence-corrected chi connectivity index (χ1v) is 2.91. The maximum atomic E-state index is 3.00. The van der Waals surface area contributed by atoms with Crippen LogP contribution in [0.2, 0.25) is 0 Å². The van der Waals surface area contributed by atoms with Gasteiger partial charge in [-0.25, -0.2) is 0 Å². The highest BCUT2D eigenvalue weighted by Crippen LogP contribution is 1.76. The summed E-state index contributed by atoms with van der Waals surface area (Å²) in [5.74, 6) is 0. The minimum atomic E-state index is 0. The second-order valence-electron chi connectivity index (χ2n) is 1.000. The van der Waals surface area contributed by atoms with E-state index in [-0.39, 0.29) is 14.9 Å². The molecule has 0 aliphatic rings. The summed E-state index contributed by atoms with van der Waals surface area (Å²) < 4.78 is 0. The third-order valence-electron chi connectivity index (χ3n) is 0.500. The summed E-state index contributed by atoms with van der Waals surface area (Å²) in [4.78, 5) is 0. The van der Waals surface area contributed by atoms with E-state index in [4.69, 9.17) is 0 Å². The number of hydrogen-bond acceptors (Lipinski definition) is 0. The Bertz CT molecular complexity index is 12.0. The van der Waals surface area contributed by atoms with E-state index in [0.29, 0.717) is 0 Å². The van der Waals surface area contributed by atoms with E-state index in [1.807, 2.05) is 0 Å². The number of unbranched alkanes of at least 4 members (excludes halogenated alkanes) is 1. The predicted octanol–water partition coefficient (Wildman–Crippen LogP) is 4.68. The van der Waals surface area contributed by atoms with Crippen molar-refractivity contribution in [2.45, 2.75) is 41.5 Å². The lowest BCUT2D eigenvalue weighted by atomic mass is 10.4. The van der Waals surface area contributed by atoms with Crippen molar-refractivity contribution in [3.05, 3.63) is 26.3 Å². The third kappa shape index (κ3) is 1360. The molecular weight excluding hydrogens is 120 g/mol. The Morgan fingerprint density at radius 1 is 0.700 bits per heavy atom. The second-order valence-corrected chi connectivity index (χ2v) is 1.000. The summed E-state index contributed by atoms with van der Waals surface area (Å²) in [5.41, 5.74) is 0. The average molecular weight is 146 g/mol. The smallest absolute Gasteiger partial charge is 0.0564 e. The molecule has 0 aromatic rings. The molecule has 0 heterocycles. The molecule has 0 aromatic heterocycles. The van der Waals surface area contributed by atoms with Crippen LogP contribution >= 0.6 is 0 Å². The number of hydrogen-bond donors (Lipinski definition) is 0. The Kier molecular flexibility index (Phi) is 736. The minimum absolute atomic E-state index is 0. The SMILES string of the molecule is C.C.C=C.C=C.CCCC. The Morgan fingerprint density at radius 2 is 0.800 bits per heavy atom. The zero-order valence-electron chi connectivity index (χ0n) is 6.24. The third-order valence-corrected chi connectivity index (χ3v) is 0.500. The van der Waals surface area contributed by atoms with Gasteiger partial charge in [0.1, 0.15) is 0 Å². The van der Waals surface area contributed by atoms with Crippen LogP contribution < -0.4 is 0 Å². The monoisotopic (exact) mass is 146 g/mol. The fourth-order valence-electron chi connectivity index (χ4n) is 0. The molecule has 0 aliphatic carbocycles. The van der Waals surface area contributed by atoms with E-state index in [9.17, 15) is 0 Å². The van der Waals surface area contributed by atoms with Crippen molar-refractivity contribution in [2.75, 3.05) is 0 Å². The van der Waals surface area contributed by atoms with Crippen LogP contribution in [0.1, 0.15) is 41.5 Å². The summed E-state index contributed by atoms with van der Waals surface area (Å²) in [6.45, 7) is 16.4. The van der Waals surface area contributed by atoms with Crippen LogP contribution in [0.5, 0.6) is 0 Å². The van der Waals surface area contributed by atoms with Crippen LogP contribution in [0.15, 0.2) is 26.3 Å². The van der Waals surface area contributed by atoms with Gasteiger partial charge in [0.05, 0.1) is 0 Å². The second kappa shape index (κ2) is 217. The molecule has 0 spiro atoms. The van der Waals surface area contributed by atoms with Gasteiger partial charge in [-0.3, -0.25) is 0 Å². The zero-order chi connectivity index (χ0) is 7.41. The molecule has 0 radical (unpaired) electrons. The van der Waals surface area contributed by atoms with Gasteiger partial charge >= 0.3 is 0 Å². The summed E-state index contributed by atoms with van der Waals surface area (Å²) >= 11 is 0. The molecular formula is C10H26. The van der Waals surface area contributed by atoms with E-state index in [2.05, 4.69) is 40.2 Å². The van der Waals surface area contributed by atoms with Crippen molar-refractivity contribution in [1.82, 2.24) is 0 Å². The van der Waals surface area contributed by atoms with Crippen LogP contribution in [0.3, 0.4) is 0 Å². The first-order valence-electron chi connectivity index (χ1n) is 2.91. The molecule has 0 aromatic carbocycles. The van der Waals surface area contributed by atoms with Gasteiger partial charge in [-0.15, -0.1) is 26.3 Å². The van der Waals surface area contributed by atoms with E-state index in [1.165, 1.54) is 12.8 Å². The maximum absolute atomic E-state index is 3.00. The van der Waals surface area contributed by atoms with Gasteiger partial charge in [0.15, 0.2) is 0 Å². The lowest BCUT2D eigenvalue weighted by molar-refractivity contribution is 0.886. The molecule has 0 amide bonds. The topological polar surface area (TPSA) is 0 Å². The van der Waals surface area contributed by atoms with Crippen LogP contribution in [0.25, 0.3) is 0 Å². The first-order chi connectivity index (χ1) is 3.91. The van der Waals surface area contributed by atoms with Crippen molar-refractivity contribution < 1.29 is 0 Å². The molecule has 0 heteroatoms. The van der Waals surface area contributed by atoms with E-state index in [0.717, 1.165) is 0 Å². The molecule has 10 heavy (non-hydrogen) atoms. The van der Waals surface area contributed by atoms with Crippen LogP contribution in [-0.2, 0) is 0 Å². The van der Waals surface area contributed by atoms with E-state index >= 15 is 0 Å². The van der Waals surface area contributed by atoms with Gasteiger partial charge in [0.25, 0.3) is 0 Å². The molecule has 0 N–H and O–H groups in total. The molecule has 0 rings (SSSR count). The standard InChI is InChI=1S/C4H10.2C2H4.2CH4/c1-3-4-2;2*1-2;;/h3-4H2,1-2H3;2*1-2H2;2*1H4. The Morgan fingerprint density at radius 3 is 0.800 bits per heavy atom. The lowest BCUT2D eigenvalue weighted by Gasteiger charge is -1.68. The summed E-state index contributed by atoms with van der Waals surface area (Å²) in [6.07, 6.45) is 2.64. The largest absolute Gasteiger partial charge is 0.106 e. The highest BCUT2D eigenvalue weighted by Gasteiger charge is 1.56. The fraction of sp³-hybridized carbons (Fsp3) is 0.600. The van der Waals surface area contributed by atoms with Crippen molar-refractivity contribution >= 4 is 0 Å². The molecule has 0 aliphatic heterocycles. The lowest BCUT2D eigenvalue weighted by Crippen LogP contribution is -1.47. The Hall–Kier alpha value is -0.520. The maximum Gasteiger partial charge on any atom is -0.0564 e. The molecule has 0 unspecified atom stereocenters. The van der Waals surface area contributed by atoms with E-state index < -0.39 is 0 Å². The van der Waals surface area contributed by atoms with Gasteiger partial charge in [-0.2, -0.15) is 0 Å². The van der Waals surface area contributed by atoms with Crippen molar-refractivity contribution in [2.24, 2.45) is 0 Å². The normalized spacial score (nSPS) is 3.80. The number of rotatable bonds is 1. The Labute approximate surface area is 68.7 Å². The van der Waals surface area contributed by atoms with Crippen LogP contribution in [0, 0.1) is 0 Å². The molecule has 66 valence electrons. The zero-order valence-corrected chi connectivity index (χ0v) is 6.24. The van der Waals surface area contributed by atoms with Crippen LogP contribution in [-0.4, -0.2) is 0 Å². The van der Waals surface area contributed by atoms with Gasteiger partial charge in [0.2, 0.25) is 0 Å². The molecule has 0 fully saturated rings. The molecule has 0 saturated carbocycles. The van der Waals surface area contributed by atoms with Crippen LogP contribution in [0.4, 0.5) is 0 Å². The minimum Gasteiger partial charge on any atom is -0.106 e. The van der Waals surface area contributed by atoms with E-state index in [1.54, 1.807) is 0 Å². The highest BCUT2D eigenvalue weighted by molar-refractivity contribution is 4.22. The van der Waals surface area contributed by atoms with Crippen molar-refractivity contribution in [3.63, 3.8) is 0 Å². The fourth-order valence-corrected chi connectivity index (χ4v) is 0. The van der Waals surface area contributed by atoms with Crippen molar-refractivity contribution in [1.29, 1.82) is 0 Å². The summed E-state index contributed by atoms with van der Waals surface area (Å²) in [6, 6.07) is 0. The highest BCUT2D eigenvalue weighted by atomic mass is 13.6. The summed E-state index contributed by atoms with van der Waals surface area (Å²) in [5, 5.41) is 0.